The number of nitrogens with zero attached hydrogens (tertiary/aromatic N) is 1. The zero-order valence-corrected chi connectivity index (χ0v) is 9.32. The first kappa shape index (κ1) is 11.5. The fourth-order valence-electron chi connectivity index (χ4n) is 1.82. The van der Waals surface area contributed by atoms with Crippen molar-refractivity contribution in [2.24, 2.45) is 10.7 Å². The molecular weight excluding hydrogens is 219 g/mol. The van der Waals surface area contributed by atoms with Crippen LogP contribution < -0.4 is 5.73 Å². The van der Waals surface area contributed by atoms with E-state index in [9.17, 15) is 9.18 Å². The minimum absolute atomic E-state index is 0.0274. The van der Waals surface area contributed by atoms with Crippen LogP contribution in [0.25, 0.3) is 0 Å². The third kappa shape index (κ3) is 2.58. The summed E-state index contributed by atoms with van der Waals surface area (Å²) in [6.45, 7) is 0. The maximum absolute atomic E-state index is 12.7. The standard InChI is InChI=1S/C13H13FN2O/c14-9-4-6-10(7-5-9)16-12-2-1-3-13(17)11(12)8-15/h4-8H,1-3,15H2. The first-order valence-electron chi connectivity index (χ1n) is 5.49. The molecule has 0 radical (unpaired) electrons. The van der Waals surface area contributed by atoms with Crippen LogP contribution in [0.5, 0.6) is 0 Å². The van der Waals surface area contributed by atoms with Gasteiger partial charge in [0, 0.05) is 12.6 Å². The Labute approximate surface area is 98.9 Å². The van der Waals surface area contributed by atoms with E-state index in [2.05, 4.69) is 4.99 Å². The Morgan fingerprint density at radius 3 is 2.59 bits per heavy atom. The minimum atomic E-state index is -0.303. The number of rotatable bonds is 1. The van der Waals surface area contributed by atoms with Crippen LogP contribution in [0, 0.1) is 5.82 Å². The molecule has 0 bridgehead atoms. The van der Waals surface area contributed by atoms with E-state index in [1.807, 2.05) is 0 Å². The lowest BCUT2D eigenvalue weighted by molar-refractivity contribution is -0.115. The van der Waals surface area contributed by atoms with E-state index >= 15 is 0 Å². The van der Waals surface area contributed by atoms with Crippen molar-refractivity contribution in [2.75, 3.05) is 0 Å². The zero-order chi connectivity index (χ0) is 12.3. The maximum Gasteiger partial charge on any atom is 0.166 e. The Balaban J connectivity index is 2.31. The Morgan fingerprint density at radius 2 is 1.94 bits per heavy atom. The predicted molar refractivity (Wildman–Crippen MR) is 64.6 cm³/mol. The van der Waals surface area contributed by atoms with Crippen LogP contribution in [-0.4, -0.2) is 11.5 Å². The number of halogens is 1. The third-order valence-electron chi connectivity index (χ3n) is 2.69. The van der Waals surface area contributed by atoms with Crippen molar-refractivity contribution in [1.29, 1.82) is 0 Å². The summed E-state index contributed by atoms with van der Waals surface area (Å²) in [7, 11) is 0. The number of hydrogen-bond acceptors (Lipinski definition) is 3. The van der Waals surface area contributed by atoms with Gasteiger partial charge in [0.15, 0.2) is 5.78 Å². The molecule has 1 saturated carbocycles. The van der Waals surface area contributed by atoms with Crippen LogP contribution in [0.2, 0.25) is 0 Å². The van der Waals surface area contributed by atoms with Gasteiger partial charge in [-0.05, 0) is 37.1 Å². The van der Waals surface area contributed by atoms with Gasteiger partial charge in [-0.2, -0.15) is 0 Å². The lowest BCUT2D eigenvalue weighted by atomic mass is 9.92. The van der Waals surface area contributed by atoms with Gasteiger partial charge in [0.05, 0.1) is 17.0 Å². The second kappa shape index (κ2) is 4.91. The van der Waals surface area contributed by atoms with Crippen LogP contribution in [0.1, 0.15) is 19.3 Å². The van der Waals surface area contributed by atoms with E-state index in [1.165, 1.54) is 18.3 Å². The van der Waals surface area contributed by atoms with E-state index in [1.54, 1.807) is 12.1 Å². The molecule has 2 rings (SSSR count). The Bertz CT molecular complexity index is 489. The Morgan fingerprint density at radius 1 is 1.24 bits per heavy atom. The monoisotopic (exact) mass is 232 g/mol. The van der Waals surface area contributed by atoms with Gasteiger partial charge in [0.1, 0.15) is 5.82 Å². The van der Waals surface area contributed by atoms with E-state index in [-0.39, 0.29) is 11.6 Å². The van der Waals surface area contributed by atoms with Gasteiger partial charge in [-0.25, -0.2) is 4.39 Å². The molecular formula is C13H13FN2O. The van der Waals surface area contributed by atoms with E-state index < -0.39 is 0 Å². The largest absolute Gasteiger partial charge is 0.404 e. The van der Waals surface area contributed by atoms with Crippen molar-refractivity contribution in [3.8, 4) is 0 Å². The molecule has 1 aliphatic carbocycles. The number of nitrogens with two attached hydrogens (primary N) is 1. The van der Waals surface area contributed by atoms with Crippen molar-refractivity contribution in [1.82, 2.24) is 0 Å². The molecule has 0 saturated heterocycles. The number of carbonyl (C=O) groups excluding carboxylic acids is 1. The SMILES string of the molecule is NC=C1C(=O)CCCC1=Nc1ccc(F)cc1. The van der Waals surface area contributed by atoms with Crippen molar-refractivity contribution in [3.63, 3.8) is 0 Å². The molecule has 0 heterocycles. The normalized spacial score (nSPS) is 21.1. The van der Waals surface area contributed by atoms with Crippen molar-refractivity contribution in [2.45, 2.75) is 19.3 Å². The molecule has 3 nitrogen and oxygen atoms in total. The van der Waals surface area contributed by atoms with Gasteiger partial charge in [0.25, 0.3) is 0 Å². The van der Waals surface area contributed by atoms with Gasteiger partial charge in [0.2, 0.25) is 0 Å². The van der Waals surface area contributed by atoms with Crippen LogP contribution in [0.15, 0.2) is 41.0 Å². The highest BCUT2D eigenvalue weighted by molar-refractivity contribution is 6.24. The lowest BCUT2D eigenvalue weighted by Crippen LogP contribution is -2.20. The second-order valence-electron chi connectivity index (χ2n) is 3.89. The predicted octanol–water partition coefficient (Wildman–Crippen LogP) is 2.49. The smallest absolute Gasteiger partial charge is 0.166 e. The summed E-state index contributed by atoms with van der Waals surface area (Å²) in [5.41, 5.74) is 7.25. The summed E-state index contributed by atoms with van der Waals surface area (Å²) in [5, 5.41) is 0. The number of ketones is 1. The average Bonchev–Trinajstić information content (AvgIpc) is 2.32. The van der Waals surface area contributed by atoms with E-state index in [0.717, 1.165) is 12.8 Å². The molecule has 1 aromatic rings. The topological polar surface area (TPSA) is 55.5 Å². The summed E-state index contributed by atoms with van der Waals surface area (Å²) in [6.07, 6.45) is 3.34. The highest BCUT2D eigenvalue weighted by atomic mass is 19.1. The van der Waals surface area contributed by atoms with Gasteiger partial charge in [-0.3, -0.25) is 9.79 Å². The highest BCUT2D eigenvalue weighted by Gasteiger charge is 2.20. The fraction of sp³-hybridized carbons (Fsp3) is 0.231. The molecule has 0 atom stereocenters. The summed E-state index contributed by atoms with van der Waals surface area (Å²) < 4.78 is 12.7. The molecule has 0 aliphatic heterocycles. The van der Waals surface area contributed by atoms with Crippen molar-refractivity contribution in [3.05, 3.63) is 41.9 Å². The Kier molecular flexibility index (Phi) is 3.32. The first-order valence-corrected chi connectivity index (χ1v) is 5.49. The molecule has 17 heavy (non-hydrogen) atoms. The van der Waals surface area contributed by atoms with Crippen LogP contribution in [0.3, 0.4) is 0 Å². The summed E-state index contributed by atoms with van der Waals surface area (Å²) in [4.78, 5) is 15.9. The molecule has 1 aliphatic rings. The molecule has 0 amide bonds. The number of Topliss-reactive ketones (excluding diaryl/α,β-unsaturated/α-hetero) is 1. The summed E-state index contributed by atoms with van der Waals surface area (Å²) >= 11 is 0. The number of allylic oxidation sites excluding steroid dienone is 1. The molecule has 0 spiro atoms. The van der Waals surface area contributed by atoms with Crippen molar-refractivity contribution < 1.29 is 9.18 Å². The molecule has 4 heteroatoms. The quantitative estimate of drug-likeness (QED) is 0.756. The van der Waals surface area contributed by atoms with Crippen molar-refractivity contribution >= 4 is 17.2 Å². The van der Waals surface area contributed by atoms with Crippen LogP contribution in [-0.2, 0) is 4.79 Å². The second-order valence-corrected chi connectivity index (χ2v) is 3.89. The molecule has 0 aromatic heterocycles. The number of benzene rings is 1. The molecule has 1 fully saturated rings. The van der Waals surface area contributed by atoms with Gasteiger partial charge in [-0.1, -0.05) is 0 Å². The number of hydrogen-bond donors (Lipinski definition) is 1. The average molecular weight is 232 g/mol. The minimum Gasteiger partial charge on any atom is -0.404 e. The maximum atomic E-state index is 12.7. The molecule has 1 aromatic carbocycles. The summed E-state index contributed by atoms with van der Waals surface area (Å²) in [5.74, 6) is -0.275. The van der Waals surface area contributed by atoms with E-state index in [4.69, 9.17) is 5.73 Å². The third-order valence-corrected chi connectivity index (χ3v) is 2.69. The lowest BCUT2D eigenvalue weighted by Gasteiger charge is -2.15. The van der Waals surface area contributed by atoms with Crippen LogP contribution in [0.4, 0.5) is 10.1 Å². The van der Waals surface area contributed by atoms with Gasteiger partial charge < -0.3 is 5.73 Å². The fourth-order valence-corrected chi connectivity index (χ4v) is 1.82. The summed E-state index contributed by atoms with van der Waals surface area (Å²) in [6, 6.07) is 5.84. The molecule has 2 N–H and O–H groups in total. The zero-order valence-electron chi connectivity index (χ0n) is 9.32. The highest BCUT2D eigenvalue weighted by Crippen LogP contribution is 2.21. The number of aliphatic imine (C=N–C) groups is 1. The number of carbonyl (C=O) groups is 1. The molecule has 88 valence electrons. The van der Waals surface area contributed by atoms with E-state index in [0.29, 0.717) is 23.4 Å². The molecule has 0 unspecified atom stereocenters. The first-order chi connectivity index (χ1) is 8.20. The van der Waals surface area contributed by atoms with Crippen LogP contribution >= 0.6 is 0 Å². The Hall–Kier alpha value is -1.97. The van der Waals surface area contributed by atoms with Gasteiger partial charge >= 0.3 is 0 Å². The van der Waals surface area contributed by atoms with Gasteiger partial charge in [-0.15, -0.1) is 0 Å².